The molecule has 0 aliphatic heterocycles. The van der Waals surface area contributed by atoms with Crippen LogP contribution in [0.15, 0.2) is 9.95 Å². The highest BCUT2D eigenvalue weighted by atomic mass is 32.2. The number of rotatable bonds is 3. The van der Waals surface area contributed by atoms with Crippen LogP contribution in [0.2, 0.25) is 0 Å². The van der Waals surface area contributed by atoms with Crippen molar-refractivity contribution in [3.05, 3.63) is 15.9 Å². The first-order chi connectivity index (χ1) is 6.54. The Morgan fingerprint density at radius 3 is 2.64 bits per heavy atom. The van der Waals surface area contributed by atoms with E-state index in [0.717, 1.165) is 0 Å². The largest absolute Gasteiger partial charge is 0.493 e. The van der Waals surface area contributed by atoms with Gasteiger partial charge in [-0.05, 0) is 6.42 Å². The highest BCUT2D eigenvalue weighted by molar-refractivity contribution is 7.99. The molecule has 0 unspecified atom stereocenters. The third-order valence-electron chi connectivity index (χ3n) is 1.67. The van der Waals surface area contributed by atoms with Gasteiger partial charge in [0.05, 0.1) is 5.56 Å². The lowest BCUT2D eigenvalue weighted by molar-refractivity contribution is 0.436. The molecule has 1 rings (SSSR count). The molecule has 0 bridgehead atoms. The molecule has 0 atom stereocenters. The number of hydrogen-bond acceptors (Lipinski definition) is 4. The Morgan fingerprint density at radius 2 is 2.21 bits per heavy atom. The van der Waals surface area contributed by atoms with E-state index < -0.39 is 0 Å². The highest BCUT2D eigenvalue weighted by Gasteiger charge is 2.09. The van der Waals surface area contributed by atoms with Crippen LogP contribution < -0.4 is 5.56 Å². The Balaban J connectivity index is 3.08. The SMILES string of the molecule is CCc1c(O)nc(SC(C)C)[nH]c1=O. The molecular formula is C9H14N2O2S. The van der Waals surface area contributed by atoms with Crippen LogP contribution in [0, 0.1) is 0 Å². The molecule has 1 heterocycles. The van der Waals surface area contributed by atoms with Gasteiger partial charge in [-0.25, -0.2) is 0 Å². The molecule has 0 saturated carbocycles. The Bertz CT molecular complexity index is 374. The van der Waals surface area contributed by atoms with E-state index >= 15 is 0 Å². The Labute approximate surface area is 86.8 Å². The average Bonchev–Trinajstić information content (AvgIpc) is 2.01. The number of H-pyrrole nitrogens is 1. The smallest absolute Gasteiger partial charge is 0.258 e. The van der Waals surface area contributed by atoms with Crippen LogP contribution in [0.1, 0.15) is 26.3 Å². The quantitative estimate of drug-likeness (QED) is 0.591. The van der Waals surface area contributed by atoms with Crippen molar-refractivity contribution >= 4 is 11.8 Å². The van der Waals surface area contributed by atoms with E-state index in [1.165, 1.54) is 11.8 Å². The van der Waals surface area contributed by atoms with Gasteiger partial charge < -0.3 is 10.1 Å². The van der Waals surface area contributed by atoms with Crippen LogP contribution >= 0.6 is 11.8 Å². The van der Waals surface area contributed by atoms with E-state index in [2.05, 4.69) is 9.97 Å². The standard InChI is InChI=1S/C9H14N2O2S/c1-4-6-7(12)10-9(11-8(6)13)14-5(2)3/h5H,4H2,1-3H3,(H2,10,11,12,13). The summed E-state index contributed by atoms with van der Waals surface area (Å²) >= 11 is 1.42. The first kappa shape index (κ1) is 11.1. The summed E-state index contributed by atoms with van der Waals surface area (Å²) in [5.74, 6) is -0.153. The molecule has 4 nitrogen and oxygen atoms in total. The van der Waals surface area contributed by atoms with Gasteiger partial charge in [0.1, 0.15) is 0 Å². The van der Waals surface area contributed by atoms with Crippen molar-refractivity contribution in [2.75, 3.05) is 0 Å². The van der Waals surface area contributed by atoms with Crippen molar-refractivity contribution in [1.82, 2.24) is 9.97 Å². The first-order valence-electron chi connectivity index (χ1n) is 4.53. The summed E-state index contributed by atoms with van der Waals surface area (Å²) in [7, 11) is 0. The number of nitrogens with zero attached hydrogens (tertiary/aromatic N) is 1. The van der Waals surface area contributed by atoms with Gasteiger partial charge >= 0.3 is 0 Å². The van der Waals surface area contributed by atoms with Crippen LogP contribution in [-0.4, -0.2) is 20.3 Å². The van der Waals surface area contributed by atoms with Gasteiger partial charge in [-0.3, -0.25) is 4.79 Å². The van der Waals surface area contributed by atoms with Crippen LogP contribution in [0.3, 0.4) is 0 Å². The minimum absolute atomic E-state index is 0.153. The second-order valence-electron chi connectivity index (χ2n) is 3.19. The molecule has 2 N–H and O–H groups in total. The number of aromatic nitrogens is 2. The molecule has 0 fully saturated rings. The fraction of sp³-hybridized carbons (Fsp3) is 0.556. The molecule has 0 saturated heterocycles. The Morgan fingerprint density at radius 1 is 1.57 bits per heavy atom. The van der Waals surface area contributed by atoms with Gasteiger partial charge in [0.15, 0.2) is 5.16 Å². The molecule has 0 amide bonds. The van der Waals surface area contributed by atoms with Gasteiger partial charge in [0.2, 0.25) is 5.88 Å². The van der Waals surface area contributed by atoms with Crippen LogP contribution in [0.5, 0.6) is 5.88 Å². The third kappa shape index (κ3) is 2.51. The molecule has 14 heavy (non-hydrogen) atoms. The zero-order valence-corrected chi connectivity index (χ0v) is 9.31. The third-order valence-corrected chi connectivity index (χ3v) is 2.56. The summed E-state index contributed by atoms with van der Waals surface area (Å²) in [6.45, 7) is 5.80. The normalized spacial score (nSPS) is 10.9. The topological polar surface area (TPSA) is 66.0 Å². The molecular weight excluding hydrogens is 200 g/mol. The maximum absolute atomic E-state index is 11.4. The summed E-state index contributed by atoms with van der Waals surface area (Å²) in [5.41, 5.74) is 0.0984. The lowest BCUT2D eigenvalue weighted by Crippen LogP contribution is -2.14. The van der Waals surface area contributed by atoms with E-state index in [1.807, 2.05) is 13.8 Å². The number of thioether (sulfide) groups is 1. The zero-order valence-electron chi connectivity index (χ0n) is 8.50. The predicted octanol–water partition coefficient (Wildman–Crippen LogP) is 1.54. The van der Waals surface area contributed by atoms with E-state index in [9.17, 15) is 9.90 Å². The van der Waals surface area contributed by atoms with E-state index in [1.54, 1.807) is 6.92 Å². The van der Waals surface area contributed by atoms with Gasteiger partial charge in [-0.1, -0.05) is 32.5 Å². The number of aromatic amines is 1. The number of nitrogens with one attached hydrogen (secondary N) is 1. The highest BCUT2D eigenvalue weighted by Crippen LogP contribution is 2.20. The van der Waals surface area contributed by atoms with Gasteiger partial charge in [-0.2, -0.15) is 4.98 Å². The van der Waals surface area contributed by atoms with Crippen molar-refractivity contribution in [3.8, 4) is 5.88 Å². The molecule has 78 valence electrons. The summed E-state index contributed by atoms with van der Waals surface area (Å²) in [5, 5.41) is 10.2. The molecule has 0 aliphatic rings. The summed E-state index contributed by atoms with van der Waals surface area (Å²) in [6.07, 6.45) is 0.487. The van der Waals surface area contributed by atoms with Crippen LogP contribution in [0.25, 0.3) is 0 Å². The summed E-state index contributed by atoms with van der Waals surface area (Å²) < 4.78 is 0. The van der Waals surface area contributed by atoms with E-state index in [4.69, 9.17) is 0 Å². The van der Waals surface area contributed by atoms with Gasteiger partial charge in [0.25, 0.3) is 5.56 Å². The minimum Gasteiger partial charge on any atom is -0.493 e. The molecule has 1 aromatic heterocycles. The Kier molecular flexibility index (Phi) is 3.57. The molecule has 0 aromatic carbocycles. The van der Waals surface area contributed by atoms with Crippen molar-refractivity contribution in [2.45, 2.75) is 37.6 Å². The second kappa shape index (κ2) is 4.50. The monoisotopic (exact) mass is 214 g/mol. The zero-order chi connectivity index (χ0) is 10.7. The summed E-state index contributed by atoms with van der Waals surface area (Å²) in [4.78, 5) is 17.9. The molecule has 0 spiro atoms. The number of aromatic hydroxyl groups is 1. The van der Waals surface area contributed by atoms with Crippen LogP contribution in [-0.2, 0) is 6.42 Å². The lowest BCUT2D eigenvalue weighted by atomic mass is 10.2. The van der Waals surface area contributed by atoms with E-state index in [-0.39, 0.29) is 11.4 Å². The molecule has 1 aromatic rings. The molecule has 5 heteroatoms. The molecule has 0 aliphatic carbocycles. The minimum atomic E-state index is -0.247. The van der Waals surface area contributed by atoms with Gasteiger partial charge in [0, 0.05) is 5.25 Å². The van der Waals surface area contributed by atoms with Crippen molar-refractivity contribution in [2.24, 2.45) is 0 Å². The maximum atomic E-state index is 11.4. The second-order valence-corrected chi connectivity index (χ2v) is 4.76. The Hall–Kier alpha value is -0.970. The van der Waals surface area contributed by atoms with E-state index in [0.29, 0.717) is 22.4 Å². The van der Waals surface area contributed by atoms with Crippen molar-refractivity contribution in [1.29, 1.82) is 0 Å². The fourth-order valence-electron chi connectivity index (χ4n) is 1.06. The lowest BCUT2D eigenvalue weighted by Gasteiger charge is -2.05. The van der Waals surface area contributed by atoms with Crippen molar-refractivity contribution in [3.63, 3.8) is 0 Å². The first-order valence-corrected chi connectivity index (χ1v) is 5.41. The average molecular weight is 214 g/mol. The van der Waals surface area contributed by atoms with Gasteiger partial charge in [-0.15, -0.1) is 0 Å². The van der Waals surface area contributed by atoms with Crippen LogP contribution in [0.4, 0.5) is 0 Å². The van der Waals surface area contributed by atoms with Crippen molar-refractivity contribution < 1.29 is 5.11 Å². The maximum Gasteiger partial charge on any atom is 0.258 e. The molecule has 0 radical (unpaired) electrons. The fourth-order valence-corrected chi connectivity index (χ4v) is 1.80. The summed E-state index contributed by atoms with van der Waals surface area (Å²) in [6, 6.07) is 0. The predicted molar refractivity (Wildman–Crippen MR) is 56.9 cm³/mol. The number of hydrogen-bond donors (Lipinski definition) is 2.